The van der Waals surface area contributed by atoms with E-state index in [0.717, 1.165) is 44.5 Å². The molecular weight excluding hydrogens is 468 g/mol. The number of halogens is 6. The highest BCUT2D eigenvalue weighted by Gasteiger charge is 2.37. The van der Waals surface area contributed by atoms with E-state index in [1.54, 1.807) is 16.3 Å². The van der Waals surface area contributed by atoms with Crippen LogP contribution in [0.1, 0.15) is 41.5 Å². The van der Waals surface area contributed by atoms with Crippen LogP contribution in [0.2, 0.25) is 0 Å². The lowest BCUT2D eigenvalue weighted by atomic mass is 10.0. The first-order chi connectivity index (χ1) is 15.4. The van der Waals surface area contributed by atoms with E-state index in [4.69, 9.17) is 5.73 Å². The topological polar surface area (TPSA) is 49.6 Å². The van der Waals surface area contributed by atoms with Crippen molar-refractivity contribution in [3.8, 4) is 0 Å². The number of hydrogen-bond acceptors (Lipinski definition) is 4. The Morgan fingerprint density at radius 3 is 2.15 bits per heavy atom. The molecule has 11 heteroatoms. The summed E-state index contributed by atoms with van der Waals surface area (Å²) in [6.07, 6.45) is -6.64. The van der Waals surface area contributed by atoms with Gasteiger partial charge in [0.1, 0.15) is 0 Å². The number of amides is 1. The van der Waals surface area contributed by atoms with Gasteiger partial charge in [-0.25, -0.2) is 0 Å². The lowest BCUT2D eigenvalue weighted by Crippen LogP contribution is -2.38. The number of thiophene rings is 1. The van der Waals surface area contributed by atoms with Crippen molar-refractivity contribution in [2.45, 2.75) is 44.6 Å². The van der Waals surface area contributed by atoms with Crippen molar-refractivity contribution in [2.24, 2.45) is 5.73 Å². The van der Waals surface area contributed by atoms with Crippen molar-refractivity contribution in [3.63, 3.8) is 0 Å². The number of piperidine rings is 1. The first-order valence-corrected chi connectivity index (χ1v) is 11.4. The molecule has 2 N–H and O–H groups in total. The van der Waals surface area contributed by atoms with Crippen LogP contribution in [0, 0.1) is 0 Å². The molecule has 1 saturated heterocycles. The predicted molar refractivity (Wildman–Crippen MR) is 115 cm³/mol. The first kappa shape index (κ1) is 25.4. The normalized spacial score (nSPS) is 15.6. The average Bonchev–Trinajstić information content (AvgIpc) is 3.17. The summed E-state index contributed by atoms with van der Waals surface area (Å²) < 4.78 is 79.9. The van der Waals surface area contributed by atoms with Crippen molar-refractivity contribution in [1.29, 1.82) is 0 Å². The summed E-state index contributed by atoms with van der Waals surface area (Å²) in [4.78, 5) is 15.4. The zero-order valence-corrected chi connectivity index (χ0v) is 18.6. The minimum atomic E-state index is -4.91. The van der Waals surface area contributed by atoms with Crippen LogP contribution >= 0.6 is 11.3 Å². The molecule has 2 aromatic rings. The van der Waals surface area contributed by atoms with E-state index in [9.17, 15) is 31.1 Å². The molecule has 0 bridgehead atoms. The second kappa shape index (κ2) is 10.3. The highest BCUT2D eigenvalue weighted by Crippen LogP contribution is 2.37. The van der Waals surface area contributed by atoms with Crippen LogP contribution in [0.4, 0.5) is 31.3 Å². The Kier molecular flexibility index (Phi) is 7.94. The Morgan fingerprint density at radius 1 is 1.00 bits per heavy atom. The zero-order chi connectivity index (χ0) is 24.2. The Bertz CT molecular complexity index is 918. The molecule has 2 heterocycles. The molecule has 1 fully saturated rings. The maximum Gasteiger partial charge on any atom is 0.416 e. The van der Waals surface area contributed by atoms with Gasteiger partial charge in [0.25, 0.3) is 0 Å². The Hall–Kier alpha value is -2.27. The number of alkyl halides is 6. The largest absolute Gasteiger partial charge is 0.416 e. The number of nitrogens with zero attached hydrogens (tertiary/aromatic N) is 2. The summed E-state index contributed by atoms with van der Waals surface area (Å²) in [5, 5.41) is 2.35. The minimum Gasteiger partial charge on any atom is -0.369 e. The van der Waals surface area contributed by atoms with Gasteiger partial charge in [0.15, 0.2) is 0 Å². The van der Waals surface area contributed by atoms with Gasteiger partial charge in [-0.15, -0.1) is 11.3 Å². The fourth-order valence-electron chi connectivity index (χ4n) is 3.96. The summed E-state index contributed by atoms with van der Waals surface area (Å²) in [6, 6.07) is 3.34. The maximum absolute atomic E-state index is 13.3. The minimum absolute atomic E-state index is 0.0601. The van der Waals surface area contributed by atoms with Crippen LogP contribution in [-0.4, -0.2) is 37.0 Å². The fourth-order valence-corrected chi connectivity index (χ4v) is 4.91. The number of benzene rings is 1. The third-order valence-corrected chi connectivity index (χ3v) is 6.55. The molecule has 182 valence electrons. The number of carbonyl (C=O) groups is 1. The molecule has 4 nitrogen and oxygen atoms in total. The first-order valence-electron chi connectivity index (χ1n) is 10.5. The smallest absolute Gasteiger partial charge is 0.369 e. The van der Waals surface area contributed by atoms with Crippen LogP contribution in [0.15, 0.2) is 29.6 Å². The second-order valence-electron chi connectivity index (χ2n) is 8.13. The van der Waals surface area contributed by atoms with Gasteiger partial charge in [-0.2, -0.15) is 26.3 Å². The summed E-state index contributed by atoms with van der Waals surface area (Å²) in [6.45, 7) is 2.64. The third kappa shape index (κ3) is 7.10. The number of likely N-dealkylation sites (tertiary alicyclic amines) is 1. The lowest BCUT2D eigenvalue weighted by Gasteiger charge is -2.31. The van der Waals surface area contributed by atoms with E-state index >= 15 is 0 Å². The molecular formula is C22H25F6N3OS. The Morgan fingerprint density at radius 2 is 1.61 bits per heavy atom. The van der Waals surface area contributed by atoms with Crippen LogP contribution in [-0.2, 0) is 30.1 Å². The lowest BCUT2D eigenvalue weighted by molar-refractivity contribution is -0.143. The predicted octanol–water partition coefficient (Wildman–Crippen LogP) is 5.31. The van der Waals surface area contributed by atoms with E-state index in [0.29, 0.717) is 23.7 Å². The molecule has 1 aliphatic rings. The highest BCUT2D eigenvalue weighted by molar-refractivity contribution is 7.14. The quantitative estimate of drug-likeness (QED) is 0.508. The van der Waals surface area contributed by atoms with Gasteiger partial charge in [0.2, 0.25) is 5.91 Å². The summed E-state index contributed by atoms with van der Waals surface area (Å²) in [7, 11) is 0. The maximum atomic E-state index is 13.3. The van der Waals surface area contributed by atoms with Crippen molar-refractivity contribution in [3.05, 3.63) is 51.9 Å². The van der Waals surface area contributed by atoms with Gasteiger partial charge in [-0.1, -0.05) is 6.42 Å². The molecule has 1 aromatic carbocycles. The van der Waals surface area contributed by atoms with Crippen LogP contribution in [0.25, 0.3) is 0 Å². The van der Waals surface area contributed by atoms with Crippen LogP contribution in [0.5, 0.6) is 0 Å². The molecule has 33 heavy (non-hydrogen) atoms. The molecule has 0 atom stereocenters. The van der Waals surface area contributed by atoms with Crippen molar-refractivity contribution < 1.29 is 31.1 Å². The zero-order valence-electron chi connectivity index (χ0n) is 17.8. The number of carbonyl (C=O) groups excluding carboxylic acids is 1. The van der Waals surface area contributed by atoms with Crippen molar-refractivity contribution in [2.75, 3.05) is 31.1 Å². The van der Waals surface area contributed by atoms with E-state index < -0.39 is 29.4 Å². The summed E-state index contributed by atoms with van der Waals surface area (Å²) >= 11 is 1.28. The molecule has 0 unspecified atom stereocenters. The highest BCUT2D eigenvalue weighted by atomic mass is 32.1. The monoisotopic (exact) mass is 493 g/mol. The Balaban J connectivity index is 1.93. The second-order valence-corrected chi connectivity index (χ2v) is 9.03. The molecule has 3 rings (SSSR count). The number of hydrogen-bond donors (Lipinski definition) is 1. The van der Waals surface area contributed by atoms with Gasteiger partial charge < -0.3 is 15.5 Å². The molecule has 0 radical (unpaired) electrons. The van der Waals surface area contributed by atoms with Gasteiger partial charge in [-0.05, 0) is 66.7 Å². The van der Waals surface area contributed by atoms with Gasteiger partial charge in [0, 0.05) is 19.6 Å². The SMILES string of the molecule is NC(=O)Cc1ccsc1N(CCN1CCCCC1)Cc1cc(C(F)(F)F)cc(C(F)(F)F)c1. The van der Waals surface area contributed by atoms with Crippen LogP contribution < -0.4 is 10.6 Å². The third-order valence-electron chi connectivity index (χ3n) is 5.53. The fraction of sp³-hybridized carbons (Fsp3) is 0.500. The van der Waals surface area contributed by atoms with Gasteiger partial charge >= 0.3 is 12.4 Å². The standard InChI is InChI=1S/C22H25F6N3OS/c23-21(24,25)17-10-15(11-18(13-17)22(26,27)28)14-31(8-7-30-5-2-1-3-6-30)20-16(4-9-33-20)12-19(29)32/h4,9-11,13H,1-3,5-8,12,14H2,(H2,29,32). The number of nitrogens with two attached hydrogens (primary N) is 1. The number of primary amides is 1. The van der Waals surface area contributed by atoms with Crippen molar-refractivity contribution in [1.82, 2.24) is 4.90 Å². The summed E-state index contributed by atoms with van der Waals surface area (Å²) in [5.41, 5.74) is 3.14. The molecule has 0 aliphatic carbocycles. The number of anilines is 1. The molecule has 0 saturated carbocycles. The number of rotatable bonds is 8. The van der Waals surface area contributed by atoms with Gasteiger partial charge in [-0.3, -0.25) is 4.79 Å². The molecule has 1 aromatic heterocycles. The van der Waals surface area contributed by atoms with E-state index in [-0.39, 0.29) is 24.6 Å². The van der Waals surface area contributed by atoms with E-state index in [1.165, 1.54) is 11.3 Å². The van der Waals surface area contributed by atoms with E-state index in [1.807, 2.05) is 0 Å². The van der Waals surface area contributed by atoms with Crippen LogP contribution in [0.3, 0.4) is 0 Å². The van der Waals surface area contributed by atoms with Crippen molar-refractivity contribution >= 4 is 22.2 Å². The molecule has 0 spiro atoms. The summed E-state index contributed by atoms with van der Waals surface area (Å²) in [5.74, 6) is -0.566. The average molecular weight is 494 g/mol. The van der Waals surface area contributed by atoms with E-state index in [2.05, 4.69) is 4.90 Å². The molecule has 1 amide bonds. The molecule has 1 aliphatic heterocycles. The Labute approximate surface area is 192 Å². The van der Waals surface area contributed by atoms with Gasteiger partial charge in [0.05, 0.1) is 22.5 Å².